The monoisotopic (exact) mass is 346 g/mol. The van der Waals surface area contributed by atoms with Gasteiger partial charge < -0.3 is 20.7 Å². The molecular weight excluding hydrogens is 316 g/mol. The second-order valence-electron chi connectivity index (χ2n) is 7.19. The van der Waals surface area contributed by atoms with E-state index in [0.29, 0.717) is 38.6 Å². The van der Waals surface area contributed by atoms with Crippen LogP contribution in [0.5, 0.6) is 0 Å². The van der Waals surface area contributed by atoms with Crippen LogP contribution >= 0.6 is 0 Å². The van der Waals surface area contributed by atoms with Gasteiger partial charge in [-0.2, -0.15) is 0 Å². The van der Waals surface area contributed by atoms with Crippen LogP contribution in [0.4, 0.5) is 5.69 Å². The molecule has 0 bridgehead atoms. The van der Waals surface area contributed by atoms with Gasteiger partial charge in [0, 0.05) is 57.7 Å². The quantitative estimate of drug-likeness (QED) is 0.826. The van der Waals surface area contributed by atoms with Gasteiger partial charge in [0.25, 0.3) is 0 Å². The molecule has 3 rings (SSSR count). The number of hydrogen-bond acceptors (Lipinski definition) is 5. The molecule has 1 amide bonds. The predicted molar refractivity (Wildman–Crippen MR) is 99.7 cm³/mol. The van der Waals surface area contributed by atoms with E-state index in [2.05, 4.69) is 46.3 Å². The normalized spacial score (nSPS) is 22.4. The number of anilines is 1. The second kappa shape index (κ2) is 8.17. The van der Waals surface area contributed by atoms with Crippen molar-refractivity contribution in [3.8, 4) is 0 Å². The van der Waals surface area contributed by atoms with Gasteiger partial charge in [0.05, 0.1) is 5.54 Å². The highest BCUT2D eigenvalue weighted by atomic mass is 16.5. The van der Waals surface area contributed by atoms with Crippen LogP contribution in [0.1, 0.15) is 19.8 Å². The number of nitrogens with one attached hydrogen (secondary N) is 1. The fourth-order valence-electron chi connectivity index (χ4n) is 3.57. The number of para-hydroxylation sites is 1. The van der Waals surface area contributed by atoms with Crippen molar-refractivity contribution in [2.24, 2.45) is 5.73 Å². The molecule has 1 unspecified atom stereocenters. The van der Waals surface area contributed by atoms with Gasteiger partial charge in [0.2, 0.25) is 5.91 Å². The molecule has 25 heavy (non-hydrogen) atoms. The van der Waals surface area contributed by atoms with Crippen LogP contribution in [0.3, 0.4) is 0 Å². The van der Waals surface area contributed by atoms with Crippen molar-refractivity contribution in [2.75, 3.05) is 50.8 Å². The number of nitrogens with zero attached hydrogens (tertiary/aromatic N) is 2. The van der Waals surface area contributed by atoms with Crippen LogP contribution in [0.25, 0.3) is 0 Å². The molecule has 2 aliphatic heterocycles. The Balaban J connectivity index is 1.43. The second-order valence-corrected chi connectivity index (χ2v) is 7.19. The SMILES string of the molecule is CC(CNC(=O)C1(N)CCOCC1)N1CCN(c2ccccc2)CC1. The van der Waals surface area contributed by atoms with E-state index in [4.69, 9.17) is 10.5 Å². The van der Waals surface area contributed by atoms with Gasteiger partial charge in [0.1, 0.15) is 0 Å². The topological polar surface area (TPSA) is 70.8 Å². The van der Waals surface area contributed by atoms with Crippen LogP contribution in [-0.4, -0.2) is 68.3 Å². The molecule has 2 heterocycles. The van der Waals surface area contributed by atoms with Gasteiger partial charge in [-0.05, 0) is 31.9 Å². The van der Waals surface area contributed by atoms with Gasteiger partial charge in [-0.25, -0.2) is 0 Å². The molecule has 1 aromatic carbocycles. The van der Waals surface area contributed by atoms with E-state index >= 15 is 0 Å². The Morgan fingerprint density at radius 3 is 2.48 bits per heavy atom. The van der Waals surface area contributed by atoms with Crippen LogP contribution in [0.2, 0.25) is 0 Å². The molecule has 1 aromatic rings. The first-order chi connectivity index (χ1) is 12.1. The van der Waals surface area contributed by atoms with Crippen molar-refractivity contribution in [1.82, 2.24) is 10.2 Å². The predicted octanol–water partition coefficient (Wildman–Crippen LogP) is 0.821. The van der Waals surface area contributed by atoms with Gasteiger partial charge in [-0.1, -0.05) is 18.2 Å². The Kier molecular flexibility index (Phi) is 5.93. The number of piperazine rings is 1. The minimum atomic E-state index is -0.760. The minimum absolute atomic E-state index is 0.0365. The number of hydrogen-bond donors (Lipinski definition) is 2. The number of rotatable bonds is 5. The standard InChI is InChI=1S/C19H30N4O2/c1-16(15-21-18(24)19(20)7-13-25-14-8-19)22-9-11-23(12-10-22)17-5-3-2-4-6-17/h2-6,16H,7-15,20H2,1H3,(H,21,24). The number of amides is 1. The highest BCUT2D eigenvalue weighted by molar-refractivity contribution is 5.86. The average molecular weight is 346 g/mol. The number of nitrogens with two attached hydrogens (primary N) is 1. The first-order valence-corrected chi connectivity index (χ1v) is 9.27. The van der Waals surface area contributed by atoms with Crippen molar-refractivity contribution in [1.29, 1.82) is 0 Å². The maximum atomic E-state index is 12.4. The molecule has 6 heteroatoms. The molecule has 6 nitrogen and oxygen atoms in total. The summed E-state index contributed by atoms with van der Waals surface area (Å²) in [5.41, 5.74) is 6.76. The summed E-state index contributed by atoms with van der Waals surface area (Å²) >= 11 is 0. The van der Waals surface area contributed by atoms with E-state index in [9.17, 15) is 4.79 Å². The summed E-state index contributed by atoms with van der Waals surface area (Å²) in [7, 11) is 0. The lowest BCUT2D eigenvalue weighted by molar-refractivity contribution is -0.130. The summed E-state index contributed by atoms with van der Waals surface area (Å²) in [6.45, 7) is 8.00. The zero-order chi connectivity index (χ0) is 17.7. The average Bonchev–Trinajstić information content (AvgIpc) is 2.67. The molecule has 0 radical (unpaired) electrons. The molecule has 1 atom stereocenters. The molecule has 0 aromatic heterocycles. The van der Waals surface area contributed by atoms with Gasteiger partial charge in [-0.15, -0.1) is 0 Å². The molecule has 138 valence electrons. The summed E-state index contributed by atoms with van der Waals surface area (Å²) in [5, 5.41) is 3.06. The molecule has 0 saturated carbocycles. The van der Waals surface area contributed by atoms with Crippen LogP contribution in [0, 0.1) is 0 Å². The third kappa shape index (κ3) is 4.51. The van der Waals surface area contributed by atoms with E-state index in [1.165, 1.54) is 5.69 Å². The fraction of sp³-hybridized carbons (Fsp3) is 0.632. The molecule has 0 spiro atoms. The van der Waals surface area contributed by atoms with E-state index < -0.39 is 5.54 Å². The highest BCUT2D eigenvalue weighted by Crippen LogP contribution is 2.18. The van der Waals surface area contributed by atoms with Gasteiger partial charge in [-0.3, -0.25) is 9.69 Å². The third-order valence-corrected chi connectivity index (χ3v) is 5.45. The van der Waals surface area contributed by atoms with Crippen molar-refractivity contribution in [3.05, 3.63) is 30.3 Å². The fourth-order valence-corrected chi connectivity index (χ4v) is 3.57. The summed E-state index contributed by atoms with van der Waals surface area (Å²) in [6, 6.07) is 10.8. The van der Waals surface area contributed by atoms with E-state index in [0.717, 1.165) is 26.2 Å². The lowest BCUT2D eigenvalue weighted by Gasteiger charge is -2.39. The Bertz CT molecular complexity index is 552. The molecule has 0 aliphatic carbocycles. The Hall–Kier alpha value is -1.63. The molecule has 2 aliphatic rings. The van der Waals surface area contributed by atoms with E-state index in [1.54, 1.807) is 0 Å². The number of ether oxygens (including phenoxy) is 1. The largest absolute Gasteiger partial charge is 0.381 e. The molecule has 2 fully saturated rings. The summed E-state index contributed by atoms with van der Waals surface area (Å²) in [5.74, 6) is -0.0365. The Labute approximate surface area is 150 Å². The van der Waals surface area contributed by atoms with Crippen LogP contribution in [-0.2, 0) is 9.53 Å². The first-order valence-electron chi connectivity index (χ1n) is 9.27. The lowest BCUT2D eigenvalue weighted by Crippen LogP contribution is -2.59. The number of carbonyl (C=O) groups excluding carboxylic acids is 1. The molecular formula is C19H30N4O2. The van der Waals surface area contributed by atoms with Crippen LogP contribution < -0.4 is 16.0 Å². The highest BCUT2D eigenvalue weighted by Gasteiger charge is 2.36. The lowest BCUT2D eigenvalue weighted by atomic mass is 9.90. The minimum Gasteiger partial charge on any atom is -0.381 e. The van der Waals surface area contributed by atoms with Crippen molar-refractivity contribution >= 4 is 11.6 Å². The Morgan fingerprint density at radius 2 is 1.84 bits per heavy atom. The van der Waals surface area contributed by atoms with Gasteiger partial charge >= 0.3 is 0 Å². The molecule has 3 N–H and O–H groups in total. The number of benzene rings is 1. The third-order valence-electron chi connectivity index (χ3n) is 5.45. The maximum absolute atomic E-state index is 12.4. The first kappa shape index (κ1) is 18.2. The van der Waals surface area contributed by atoms with E-state index in [-0.39, 0.29) is 5.91 Å². The van der Waals surface area contributed by atoms with Crippen molar-refractivity contribution in [3.63, 3.8) is 0 Å². The summed E-state index contributed by atoms with van der Waals surface area (Å²) < 4.78 is 5.31. The van der Waals surface area contributed by atoms with E-state index in [1.807, 2.05) is 6.07 Å². The molecule has 2 saturated heterocycles. The summed E-state index contributed by atoms with van der Waals surface area (Å²) in [4.78, 5) is 17.3. The Morgan fingerprint density at radius 1 is 1.20 bits per heavy atom. The smallest absolute Gasteiger partial charge is 0.240 e. The summed E-state index contributed by atoms with van der Waals surface area (Å²) in [6.07, 6.45) is 1.20. The van der Waals surface area contributed by atoms with Crippen molar-refractivity contribution in [2.45, 2.75) is 31.3 Å². The van der Waals surface area contributed by atoms with Crippen LogP contribution in [0.15, 0.2) is 30.3 Å². The maximum Gasteiger partial charge on any atom is 0.240 e. The number of carbonyl (C=O) groups is 1. The zero-order valence-electron chi connectivity index (χ0n) is 15.1. The van der Waals surface area contributed by atoms with Gasteiger partial charge in [0.15, 0.2) is 0 Å². The zero-order valence-corrected chi connectivity index (χ0v) is 15.1. The van der Waals surface area contributed by atoms with Crippen molar-refractivity contribution < 1.29 is 9.53 Å².